The van der Waals surface area contributed by atoms with Crippen LogP contribution in [0.4, 0.5) is 16.8 Å². The highest BCUT2D eigenvalue weighted by atomic mass is 32.2. The molecule has 2 aliphatic rings. The van der Waals surface area contributed by atoms with Gasteiger partial charge in [-0.2, -0.15) is 0 Å². The van der Waals surface area contributed by atoms with Crippen LogP contribution in [0.15, 0.2) is 33.0 Å². The zero-order valence-electron chi connectivity index (χ0n) is 19.5. The number of aromatic nitrogens is 3. The molecule has 2 amide bonds. The normalized spacial score (nSPS) is 19.2. The number of thiazole rings is 1. The number of carbonyl (C=O) groups is 3. The number of nitrogens with two attached hydrogens (primary N) is 3. The molecule has 0 saturated carbocycles. The number of aliphatic carboxylic acids is 1. The van der Waals surface area contributed by atoms with Crippen molar-refractivity contribution in [2.24, 2.45) is 5.16 Å². The smallest absolute Gasteiger partial charge is 0.352 e. The maximum absolute atomic E-state index is 13.0. The van der Waals surface area contributed by atoms with Gasteiger partial charge in [0.1, 0.15) is 29.9 Å². The highest BCUT2D eigenvalue weighted by Gasteiger charge is 2.54. The second-order valence-electron chi connectivity index (χ2n) is 7.57. The number of anilines is 3. The molecule has 15 nitrogen and oxygen atoms in total. The van der Waals surface area contributed by atoms with Crippen LogP contribution in [0.25, 0.3) is 0 Å². The minimum Gasteiger partial charge on any atom is -0.477 e. The molecule has 4 rings (SSSR count). The van der Waals surface area contributed by atoms with Gasteiger partial charge in [0.25, 0.3) is 11.8 Å². The van der Waals surface area contributed by atoms with E-state index in [4.69, 9.17) is 22.1 Å². The van der Waals surface area contributed by atoms with Crippen LogP contribution in [0.3, 0.4) is 0 Å². The van der Waals surface area contributed by atoms with Gasteiger partial charge in [-0.25, -0.2) is 9.78 Å². The van der Waals surface area contributed by atoms with Crippen molar-refractivity contribution in [1.82, 2.24) is 20.2 Å². The Morgan fingerprint density at radius 2 is 2.16 bits per heavy atom. The van der Waals surface area contributed by atoms with Gasteiger partial charge in [-0.15, -0.1) is 27.8 Å². The Morgan fingerprint density at radius 3 is 2.78 bits per heavy atom. The number of thioether (sulfide) groups is 2. The molecule has 37 heavy (non-hydrogen) atoms. The molecule has 0 aromatic carbocycles. The Kier molecular flexibility index (Phi) is 7.60. The maximum Gasteiger partial charge on any atom is 0.352 e. The van der Waals surface area contributed by atoms with Crippen molar-refractivity contribution in [1.29, 1.82) is 0 Å². The molecule has 18 heteroatoms. The van der Waals surface area contributed by atoms with Crippen molar-refractivity contribution in [2.75, 3.05) is 48.3 Å². The first kappa shape index (κ1) is 26.3. The Hall–Kier alpha value is -3.77. The van der Waals surface area contributed by atoms with Gasteiger partial charge < -0.3 is 32.0 Å². The van der Waals surface area contributed by atoms with Crippen molar-refractivity contribution in [3.05, 3.63) is 28.4 Å². The molecule has 0 bridgehead atoms. The lowest BCUT2D eigenvalue weighted by atomic mass is 10.0. The number of carbonyl (C=O) groups excluding carboxylic acids is 2. The SMILES string of the molecule is CNc1cc(N)nc(SCC2=C(C(=O)O)N3C(=O)C(NC(=O)/C(=N\OC)c4csc(N)n4)[C@H]3SC2)[n+]1N. The van der Waals surface area contributed by atoms with E-state index >= 15 is 0 Å². The predicted octanol–water partition coefficient (Wildman–Crippen LogP) is -1.37. The summed E-state index contributed by atoms with van der Waals surface area (Å²) in [6.07, 6.45) is 0. The summed E-state index contributed by atoms with van der Waals surface area (Å²) in [5.74, 6) is 4.81. The van der Waals surface area contributed by atoms with Crippen molar-refractivity contribution < 1.29 is 29.0 Å². The minimum atomic E-state index is -1.25. The van der Waals surface area contributed by atoms with E-state index in [9.17, 15) is 19.5 Å². The lowest BCUT2D eigenvalue weighted by Gasteiger charge is -2.49. The van der Waals surface area contributed by atoms with Gasteiger partial charge in [0, 0.05) is 23.9 Å². The average molecular weight is 568 g/mol. The van der Waals surface area contributed by atoms with Crippen molar-refractivity contribution >= 4 is 75.1 Å². The van der Waals surface area contributed by atoms with E-state index in [0.717, 1.165) is 11.3 Å². The van der Waals surface area contributed by atoms with Crippen molar-refractivity contribution in [3.63, 3.8) is 0 Å². The summed E-state index contributed by atoms with van der Waals surface area (Å²) < 4.78 is 1.30. The number of oxime groups is 1. The molecular weight excluding hydrogens is 544 g/mol. The molecule has 196 valence electrons. The van der Waals surface area contributed by atoms with Gasteiger partial charge in [0.05, 0.1) is 6.07 Å². The molecule has 0 radical (unpaired) electrons. The van der Waals surface area contributed by atoms with Crippen LogP contribution in [0, 0.1) is 0 Å². The fraction of sp³-hybridized carbons (Fsp3) is 0.316. The van der Waals surface area contributed by atoms with E-state index in [1.165, 1.54) is 45.6 Å². The molecule has 2 atom stereocenters. The third kappa shape index (κ3) is 5.07. The first-order valence-electron chi connectivity index (χ1n) is 10.5. The van der Waals surface area contributed by atoms with Crippen LogP contribution in [-0.4, -0.2) is 80.5 Å². The topological polar surface area (TPSA) is 228 Å². The molecule has 0 aliphatic carbocycles. The fourth-order valence-electron chi connectivity index (χ4n) is 3.65. The number of carboxylic acid groups (broad SMARTS) is 1. The number of nitrogen functional groups attached to an aromatic ring is 3. The lowest BCUT2D eigenvalue weighted by Crippen LogP contribution is -2.71. The quantitative estimate of drug-likeness (QED) is 0.0391. The lowest BCUT2D eigenvalue weighted by molar-refractivity contribution is -0.667. The zero-order chi connectivity index (χ0) is 26.9. The van der Waals surface area contributed by atoms with Crippen molar-refractivity contribution in [3.8, 4) is 0 Å². The number of hydrogen-bond donors (Lipinski definition) is 6. The number of hydrogen-bond acceptors (Lipinski definition) is 14. The number of carboxylic acids is 1. The third-order valence-electron chi connectivity index (χ3n) is 5.31. The van der Waals surface area contributed by atoms with E-state index < -0.39 is 29.2 Å². The Morgan fingerprint density at radius 1 is 1.41 bits per heavy atom. The van der Waals surface area contributed by atoms with Gasteiger partial charge in [0.2, 0.25) is 11.6 Å². The molecule has 1 saturated heterocycles. The van der Waals surface area contributed by atoms with E-state index in [1.807, 2.05) is 0 Å². The minimum absolute atomic E-state index is 0.133. The first-order valence-corrected chi connectivity index (χ1v) is 13.4. The number of amides is 2. The standard InChI is InChI=1S/C19H22N10O5S3/c1-23-10-3-9(20)25-19(29(10)22)37-5-7-4-35-16-12(15(31)28(16)13(7)17(32)33)26-14(30)11(27-34-2)8-6-36-18(21)24-8/h3,6,12,16H,4-5,22H2,1-2H3,(H6,20,21,23,24,26,30,32,33)/p+1/b27-11-/t12?,16-/m1/s1. The van der Waals surface area contributed by atoms with Gasteiger partial charge >= 0.3 is 11.1 Å². The second-order valence-corrected chi connectivity index (χ2v) is 10.5. The second kappa shape index (κ2) is 10.7. The summed E-state index contributed by atoms with van der Waals surface area (Å²) in [4.78, 5) is 52.2. The number of nitrogens with one attached hydrogen (secondary N) is 2. The molecule has 0 spiro atoms. The fourth-order valence-corrected chi connectivity index (χ4v) is 6.62. The number of nitrogens with zero attached hydrogens (tertiary/aromatic N) is 5. The molecular formula is C19H23N10O5S3+. The molecule has 4 heterocycles. The largest absolute Gasteiger partial charge is 0.477 e. The van der Waals surface area contributed by atoms with Crippen LogP contribution in [0.1, 0.15) is 5.69 Å². The number of rotatable bonds is 9. The first-order chi connectivity index (χ1) is 17.7. The van der Waals surface area contributed by atoms with E-state index in [1.54, 1.807) is 13.1 Å². The zero-order valence-corrected chi connectivity index (χ0v) is 21.9. The van der Waals surface area contributed by atoms with Crippen LogP contribution >= 0.6 is 34.9 Å². The Balaban J connectivity index is 1.51. The van der Waals surface area contributed by atoms with Crippen LogP contribution < -0.4 is 32.6 Å². The highest BCUT2D eigenvalue weighted by Crippen LogP contribution is 2.41. The summed E-state index contributed by atoms with van der Waals surface area (Å²) in [5.41, 5.74) is 11.9. The van der Waals surface area contributed by atoms with E-state index in [-0.39, 0.29) is 33.8 Å². The summed E-state index contributed by atoms with van der Waals surface area (Å²) in [5, 5.41) is 20.6. The average Bonchev–Trinajstić information content (AvgIpc) is 3.30. The van der Waals surface area contributed by atoms with E-state index in [0.29, 0.717) is 22.3 Å². The Bertz CT molecular complexity index is 1330. The Labute approximate surface area is 222 Å². The van der Waals surface area contributed by atoms with Crippen LogP contribution in [0.2, 0.25) is 0 Å². The summed E-state index contributed by atoms with van der Waals surface area (Å²) in [6.45, 7) is 0. The summed E-state index contributed by atoms with van der Waals surface area (Å²) in [7, 11) is 2.95. The molecule has 2 aliphatic heterocycles. The third-order valence-corrected chi connectivity index (χ3v) is 8.36. The monoisotopic (exact) mass is 567 g/mol. The van der Waals surface area contributed by atoms with E-state index in [2.05, 4.69) is 25.8 Å². The van der Waals surface area contributed by atoms with Crippen LogP contribution in [0.5, 0.6) is 0 Å². The molecule has 2 aromatic rings. The van der Waals surface area contributed by atoms with Gasteiger partial charge in [-0.05, 0) is 17.3 Å². The van der Waals surface area contributed by atoms with Crippen LogP contribution in [-0.2, 0) is 19.2 Å². The number of fused-ring (bicyclic) bond motifs is 1. The summed E-state index contributed by atoms with van der Waals surface area (Å²) in [6, 6.07) is 0.603. The molecule has 2 aromatic heterocycles. The maximum atomic E-state index is 13.0. The van der Waals surface area contributed by atoms with Crippen molar-refractivity contribution in [2.45, 2.75) is 16.6 Å². The predicted molar refractivity (Wildman–Crippen MR) is 139 cm³/mol. The molecule has 9 N–H and O–H groups in total. The molecule has 1 unspecified atom stereocenters. The van der Waals surface area contributed by atoms with Gasteiger partial charge in [0.15, 0.2) is 10.8 Å². The van der Waals surface area contributed by atoms with Gasteiger partial charge in [-0.1, -0.05) is 10.1 Å². The highest BCUT2D eigenvalue weighted by molar-refractivity contribution is 8.01. The summed E-state index contributed by atoms with van der Waals surface area (Å²) >= 11 is 3.63. The number of β-lactam (4-membered cyclic amide) rings is 1. The van der Waals surface area contributed by atoms with Gasteiger partial charge in [-0.3, -0.25) is 20.3 Å². The molecule has 1 fully saturated rings.